The molecule has 0 aliphatic rings. The Morgan fingerprint density at radius 2 is 2.20 bits per heavy atom. The van der Waals surface area contributed by atoms with Crippen LogP contribution in [0, 0.1) is 6.92 Å². The molecule has 2 rings (SSSR count). The summed E-state index contributed by atoms with van der Waals surface area (Å²) in [6, 6.07) is 9.38. The maximum Gasteiger partial charge on any atom is 0.252 e. The third kappa shape index (κ3) is 3.46. The Kier molecular flexibility index (Phi) is 4.93. The van der Waals surface area contributed by atoms with E-state index in [-0.39, 0.29) is 11.3 Å². The van der Waals surface area contributed by atoms with Crippen LogP contribution < -0.4 is 5.32 Å². The van der Waals surface area contributed by atoms with Gasteiger partial charge in [0.25, 0.3) is 5.91 Å². The molecular weight excluding hydrogens is 276 g/mol. The normalized spacial score (nSPS) is 12.3. The monoisotopic (exact) mass is 292 g/mol. The summed E-state index contributed by atoms with van der Waals surface area (Å²) >= 11 is 6.01. The molecule has 1 amide bonds. The molecule has 106 valence electrons. The van der Waals surface area contributed by atoms with Crippen LogP contribution in [0.4, 0.5) is 0 Å². The zero-order valence-electron chi connectivity index (χ0n) is 11.5. The van der Waals surface area contributed by atoms with Crippen LogP contribution >= 0.6 is 11.6 Å². The first-order chi connectivity index (χ1) is 9.61. The second-order valence-corrected chi connectivity index (χ2v) is 5.21. The highest BCUT2D eigenvalue weighted by molar-refractivity contribution is 6.21. The van der Waals surface area contributed by atoms with E-state index in [4.69, 9.17) is 16.3 Å². The Balaban J connectivity index is 2.21. The summed E-state index contributed by atoms with van der Waals surface area (Å²) in [6.45, 7) is 2.64. The van der Waals surface area contributed by atoms with Crippen molar-refractivity contribution >= 4 is 28.4 Å². The molecule has 1 aromatic heterocycles. The molecule has 1 heterocycles. The lowest BCUT2D eigenvalue weighted by Crippen LogP contribution is -2.31. The molecule has 2 aromatic rings. The van der Waals surface area contributed by atoms with Gasteiger partial charge in [0.15, 0.2) is 0 Å². The van der Waals surface area contributed by atoms with E-state index in [9.17, 15) is 4.79 Å². The molecule has 0 aliphatic heterocycles. The number of pyridine rings is 1. The summed E-state index contributed by atoms with van der Waals surface area (Å²) < 4.78 is 4.94. The number of hydrogen-bond acceptors (Lipinski definition) is 3. The topological polar surface area (TPSA) is 51.2 Å². The Morgan fingerprint density at radius 3 is 2.95 bits per heavy atom. The largest absolute Gasteiger partial charge is 0.383 e. The number of aromatic nitrogens is 1. The Bertz CT molecular complexity index is 616. The first-order valence-corrected chi connectivity index (χ1v) is 6.83. The van der Waals surface area contributed by atoms with Gasteiger partial charge in [-0.25, -0.2) is 0 Å². The molecular formula is C15H17ClN2O2. The lowest BCUT2D eigenvalue weighted by molar-refractivity contribution is 0.0951. The number of carbonyl (C=O) groups is 1. The number of amides is 1. The van der Waals surface area contributed by atoms with Crippen LogP contribution in [0.2, 0.25) is 0 Å². The number of ether oxygens (including phenoxy) is 1. The predicted molar refractivity (Wildman–Crippen MR) is 80.3 cm³/mol. The molecule has 0 bridgehead atoms. The first-order valence-electron chi connectivity index (χ1n) is 6.39. The number of alkyl halides is 1. The second-order valence-electron chi connectivity index (χ2n) is 4.59. The van der Waals surface area contributed by atoms with Crippen molar-refractivity contribution in [1.29, 1.82) is 0 Å². The number of nitrogens with zero attached hydrogens (tertiary/aromatic N) is 1. The van der Waals surface area contributed by atoms with E-state index in [0.717, 1.165) is 16.6 Å². The Morgan fingerprint density at radius 1 is 1.45 bits per heavy atom. The van der Waals surface area contributed by atoms with Gasteiger partial charge in [0.2, 0.25) is 0 Å². The third-order valence-corrected chi connectivity index (χ3v) is 3.20. The molecule has 1 N–H and O–H groups in total. The lowest BCUT2D eigenvalue weighted by atomic mass is 10.1. The van der Waals surface area contributed by atoms with Crippen LogP contribution in [0.1, 0.15) is 16.1 Å². The standard InChI is InChI=1S/C15H17ClN2O2/c1-10-7-13(12-5-3-4-6-14(12)18-10)15(19)17-8-11(16)9-20-2/h3-7,11H,8-9H2,1-2H3,(H,17,19). The summed E-state index contributed by atoms with van der Waals surface area (Å²) in [4.78, 5) is 16.7. The van der Waals surface area contributed by atoms with Crippen LogP contribution in [0.3, 0.4) is 0 Å². The molecule has 0 saturated carbocycles. The van der Waals surface area contributed by atoms with Gasteiger partial charge in [-0.15, -0.1) is 11.6 Å². The van der Waals surface area contributed by atoms with Gasteiger partial charge in [-0.2, -0.15) is 0 Å². The molecule has 20 heavy (non-hydrogen) atoms. The fraction of sp³-hybridized carbons (Fsp3) is 0.333. The van der Waals surface area contributed by atoms with Gasteiger partial charge in [-0.1, -0.05) is 18.2 Å². The third-order valence-electron chi connectivity index (χ3n) is 2.92. The highest BCUT2D eigenvalue weighted by Crippen LogP contribution is 2.18. The Hall–Kier alpha value is -1.65. The summed E-state index contributed by atoms with van der Waals surface area (Å²) in [7, 11) is 1.58. The van der Waals surface area contributed by atoms with Crippen LogP contribution in [-0.2, 0) is 4.74 Å². The molecule has 0 spiro atoms. The van der Waals surface area contributed by atoms with Gasteiger partial charge in [-0.05, 0) is 19.1 Å². The van der Waals surface area contributed by atoms with Crippen molar-refractivity contribution in [3.63, 3.8) is 0 Å². The van der Waals surface area contributed by atoms with Crippen LogP contribution in [-0.4, -0.2) is 36.5 Å². The fourth-order valence-corrected chi connectivity index (χ4v) is 2.24. The SMILES string of the molecule is COCC(Cl)CNC(=O)c1cc(C)nc2ccccc12. The van der Waals surface area contributed by atoms with Crippen molar-refractivity contribution in [2.45, 2.75) is 12.3 Å². The quantitative estimate of drug-likeness (QED) is 0.862. The van der Waals surface area contributed by atoms with Crippen molar-refractivity contribution < 1.29 is 9.53 Å². The molecule has 0 aliphatic carbocycles. The second kappa shape index (κ2) is 6.68. The Labute approximate surface area is 123 Å². The molecule has 5 heteroatoms. The number of hydrogen-bond donors (Lipinski definition) is 1. The number of fused-ring (bicyclic) bond motifs is 1. The molecule has 0 radical (unpaired) electrons. The first kappa shape index (κ1) is 14.8. The number of para-hydroxylation sites is 1. The van der Waals surface area contributed by atoms with E-state index in [2.05, 4.69) is 10.3 Å². The number of carbonyl (C=O) groups excluding carboxylic acids is 1. The van der Waals surface area contributed by atoms with Crippen molar-refractivity contribution in [1.82, 2.24) is 10.3 Å². The highest BCUT2D eigenvalue weighted by Gasteiger charge is 2.13. The van der Waals surface area contributed by atoms with Gasteiger partial charge < -0.3 is 10.1 Å². The maximum absolute atomic E-state index is 12.3. The van der Waals surface area contributed by atoms with E-state index < -0.39 is 0 Å². The van der Waals surface area contributed by atoms with Crippen molar-refractivity contribution in [3.8, 4) is 0 Å². The molecule has 1 atom stereocenters. The number of methoxy groups -OCH3 is 1. The average molecular weight is 293 g/mol. The van der Waals surface area contributed by atoms with Crippen LogP contribution in [0.5, 0.6) is 0 Å². The van der Waals surface area contributed by atoms with Crippen LogP contribution in [0.15, 0.2) is 30.3 Å². The fourth-order valence-electron chi connectivity index (χ4n) is 2.03. The smallest absolute Gasteiger partial charge is 0.252 e. The highest BCUT2D eigenvalue weighted by atomic mass is 35.5. The van der Waals surface area contributed by atoms with E-state index >= 15 is 0 Å². The van der Waals surface area contributed by atoms with E-state index in [1.165, 1.54) is 0 Å². The summed E-state index contributed by atoms with van der Waals surface area (Å²) in [5, 5.41) is 3.43. The van der Waals surface area contributed by atoms with Crippen molar-refractivity contribution in [2.24, 2.45) is 0 Å². The van der Waals surface area contributed by atoms with Gasteiger partial charge in [0, 0.05) is 24.7 Å². The van der Waals surface area contributed by atoms with E-state index in [0.29, 0.717) is 18.7 Å². The van der Waals surface area contributed by atoms with Crippen LogP contribution in [0.25, 0.3) is 10.9 Å². The molecule has 0 saturated heterocycles. The average Bonchev–Trinajstić information content (AvgIpc) is 2.44. The minimum absolute atomic E-state index is 0.145. The van der Waals surface area contributed by atoms with Crippen molar-refractivity contribution in [2.75, 3.05) is 20.3 Å². The zero-order valence-corrected chi connectivity index (χ0v) is 12.3. The predicted octanol–water partition coefficient (Wildman–Crippen LogP) is 2.53. The van der Waals surface area contributed by atoms with Crippen molar-refractivity contribution in [3.05, 3.63) is 41.6 Å². The summed E-state index contributed by atoms with van der Waals surface area (Å²) in [6.07, 6.45) is 0. The summed E-state index contributed by atoms with van der Waals surface area (Å²) in [5.41, 5.74) is 2.25. The van der Waals surface area contributed by atoms with E-state index in [1.54, 1.807) is 13.2 Å². The van der Waals surface area contributed by atoms with E-state index in [1.807, 2.05) is 31.2 Å². The minimum atomic E-state index is -0.238. The summed E-state index contributed by atoms with van der Waals surface area (Å²) in [5.74, 6) is -0.145. The zero-order chi connectivity index (χ0) is 14.5. The molecule has 1 aromatic carbocycles. The number of aryl methyl sites for hydroxylation is 1. The number of nitrogens with one attached hydrogen (secondary N) is 1. The molecule has 4 nitrogen and oxygen atoms in total. The van der Waals surface area contributed by atoms with Gasteiger partial charge >= 0.3 is 0 Å². The van der Waals surface area contributed by atoms with Gasteiger partial charge in [-0.3, -0.25) is 9.78 Å². The molecule has 0 fully saturated rings. The number of rotatable bonds is 5. The maximum atomic E-state index is 12.3. The lowest BCUT2D eigenvalue weighted by Gasteiger charge is -2.11. The minimum Gasteiger partial charge on any atom is -0.383 e. The van der Waals surface area contributed by atoms with Gasteiger partial charge in [0.05, 0.1) is 23.1 Å². The molecule has 1 unspecified atom stereocenters. The number of benzene rings is 1. The van der Waals surface area contributed by atoms with Gasteiger partial charge in [0.1, 0.15) is 0 Å². The number of halogens is 1.